The van der Waals surface area contributed by atoms with Crippen LogP contribution < -0.4 is 11.3 Å². The molecule has 0 aromatic heterocycles. The minimum absolute atomic E-state index is 0.192. The van der Waals surface area contributed by atoms with Crippen LogP contribution in [-0.2, 0) is 11.3 Å². The van der Waals surface area contributed by atoms with Crippen molar-refractivity contribution in [3.05, 3.63) is 35.4 Å². The van der Waals surface area contributed by atoms with Crippen LogP contribution in [0.1, 0.15) is 36.2 Å². The van der Waals surface area contributed by atoms with Crippen molar-refractivity contribution in [2.75, 3.05) is 6.54 Å². The number of rotatable bonds is 4. The van der Waals surface area contributed by atoms with Crippen molar-refractivity contribution >= 4 is 11.8 Å². The summed E-state index contributed by atoms with van der Waals surface area (Å²) in [5, 5.41) is 0. The van der Waals surface area contributed by atoms with Gasteiger partial charge in [-0.3, -0.25) is 15.0 Å². The first-order valence-corrected chi connectivity index (χ1v) is 6.89. The van der Waals surface area contributed by atoms with Gasteiger partial charge in [0.05, 0.1) is 0 Å². The van der Waals surface area contributed by atoms with Gasteiger partial charge in [-0.25, -0.2) is 5.84 Å². The molecule has 1 atom stereocenters. The topological polar surface area (TPSA) is 75.4 Å². The fourth-order valence-electron chi connectivity index (χ4n) is 2.52. The lowest BCUT2D eigenvalue weighted by Crippen LogP contribution is -2.30. The number of nitrogens with two attached hydrogens (primary N) is 1. The number of hydrazine groups is 1. The average Bonchev–Trinajstić information content (AvgIpc) is 2.80. The second-order valence-corrected chi connectivity index (χ2v) is 5.66. The molecule has 5 nitrogen and oxygen atoms in total. The second-order valence-electron chi connectivity index (χ2n) is 5.66. The Labute approximate surface area is 119 Å². The molecule has 1 saturated heterocycles. The minimum atomic E-state index is -0.320. The molecule has 0 spiro atoms. The van der Waals surface area contributed by atoms with Gasteiger partial charge in [-0.2, -0.15) is 0 Å². The van der Waals surface area contributed by atoms with Gasteiger partial charge in [0, 0.05) is 25.1 Å². The van der Waals surface area contributed by atoms with Crippen LogP contribution in [-0.4, -0.2) is 23.3 Å². The third kappa shape index (κ3) is 3.17. The van der Waals surface area contributed by atoms with Crippen LogP contribution in [0.2, 0.25) is 0 Å². The lowest BCUT2D eigenvalue weighted by Gasteiger charge is -2.18. The highest BCUT2D eigenvalue weighted by Crippen LogP contribution is 2.26. The van der Waals surface area contributed by atoms with Gasteiger partial charge in [0.25, 0.3) is 5.91 Å². The molecule has 1 aromatic carbocycles. The molecular formula is C15H21N3O2. The van der Waals surface area contributed by atoms with Crippen LogP contribution in [0.3, 0.4) is 0 Å². The van der Waals surface area contributed by atoms with Gasteiger partial charge in [0.15, 0.2) is 0 Å². The number of amides is 2. The monoisotopic (exact) mass is 275 g/mol. The Morgan fingerprint density at radius 3 is 2.85 bits per heavy atom. The molecule has 108 valence electrons. The summed E-state index contributed by atoms with van der Waals surface area (Å²) >= 11 is 0. The number of nitrogens with zero attached hydrogens (tertiary/aromatic N) is 1. The minimum Gasteiger partial charge on any atom is -0.338 e. The highest BCUT2D eigenvalue weighted by atomic mass is 16.2. The van der Waals surface area contributed by atoms with E-state index < -0.39 is 0 Å². The number of likely N-dealkylation sites (tertiary alicyclic amines) is 1. The highest BCUT2D eigenvalue weighted by Gasteiger charge is 2.31. The van der Waals surface area contributed by atoms with Gasteiger partial charge in [-0.1, -0.05) is 26.0 Å². The van der Waals surface area contributed by atoms with E-state index in [4.69, 9.17) is 5.84 Å². The Balaban J connectivity index is 2.07. The summed E-state index contributed by atoms with van der Waals surface area (Å²) in [5.74, 6) is 5.94. The molecule has 0 aliphatic carbocycles. The van der Waals surface area contributed by atoms with Crippen LogP contribution >= 0.6 is 0 Å². The maximum Gasteiger partial charge on any atom is 0.265 e. The van der Waals surface area contributed by atoms with E-state index >= 15 is 0 Å². The van der Waals surface area contributed by atoms with E-state index in [9.17, 15) is 9.59 Å². The SMILES string of the molecule is CC(C)C1CC(=O)N(Cc2cccc(C(=O)NN)c2)C1. The average molecular weight is 275 g/mol. The van der Waals surface area contributed by atoms with E-state index in [1.54, 1.807) is 18.2 Å². The smallest absolute Gasteiger partial charge is 0.265 e. The quantitative estimate of drug-likeness (QED) is 0.494. The highest BCUT2D eigenvalue weighted by molar-refractivity contribution is 5.93. The summed E-state index contributed by atoms with van der Waals surface area (Å²) in [6.07, 6.45) is 0.626. The molecule has 20 heavy (non-hydrogen) atoms. The van der Waals surface area contributed by atoms with Crippen LogP contribution in [0, 0.1) is 11.8 Å². The number of nitrogens with one attached hydrogen (secondary N) is 1. The molecule has 0 saturated carbocycles. The molecule has 1 aliphatic heterocycles. The van der Waals surface area contributed by atoms with Gasteiger partial charge in [-0.05, 0) is 29.5 Å². The van der Waals surface area contributed by atoms with Crippen molar-refractivity contribution in [1.82, 2.24) is 10.3 Å². The molecular weight excluding hydrogens is 254 g/mol. The largest absolute Gasteiger partial charge is 0.338 e. The summed E-state index contributed by atoms with van der Waals surface area (Å²) in [6, 6.07) is 7.20. The van der Waals surface area contributed by atoms with Crippen LogP contribution in [0.5, 0.6) is 0 Å². The molecule has 1 fully saturated rings. The predicted octanol–water partition coefficient (Wildman–Crippen LogP) is 1.29. The van der Waals surface area contributed by atoms with Crippen LogP contribution in [0.4, 0.5) is 0 Å². The normalized spacial score (nSPS) is 18.7. The Morgan fingerprint density at radius 1 is 1.50 bits per heavy atom. The van der Waals surface area contributed by atoms with E-state index in [0.29, 0.717) is 30.4 Å². The molecule has 5 heteroatoms. The van der Waals surface area contributed by atoms with Gasteiger partial charge < -0.3 is 4.90 Å². The van der Waals surface area contributed by atoms with Crippen molar-refractivity contribution in [1.29, 1.82) is 0 Å². The summed E-state index contributed by atoms with van der Waals surface area (Å²) in [7, 11) is 0. The third-order valence-electron chi connectivity index (χ3n) is 3.88. The van der Waals surface area contributed by atoms with E-state index in [2.05, 4.69) is 19.3 Å². The number of carbonyl (C=O) groups is 2. The van der Waals surface area contributed by atoms with Gasteiger partial charge >= 0.3 is 0 Å². The third-order valence-corrected chi connectivity index (χ3v) is 3.88. The molecule has 1 aliphatic rings. The van der Waals surface area contributed by atoms with E-state index in [1.807, 2.05) is 11.0 Å². The van der Waals surface area contributed by atoms with Gasteiger partial charge in [0.1, 0.15) is 0 Å². The predicted molar refractivity (Wildman–Crippen MR) is 76.5 cm³/mol. The summed E-state index contributed by atoms with van der Waals surface area (Å²) in [6.45, 7) is 5.64. The molecule has 2 rings (SSSR count). The zero-order valence-electron chi connectivity index (χ0n) is 11.9. The number of nitrogen functional groups attached to an aromatic ring is 1. The van der Waals surface area contributed by atoms with Gasteiger partial charge in [0.2, 0.25) is 5.91 Å². The van der Waals surface area contributed by atoms with Gasteiger partial charge in [-0.15, -0.1) is 0 Å². The van der Waals surface area contributed by atoms with Crippen molar-refractivity contribution in [2.45, 2.75) is 26.8 Å². The van der Waals surface area contributed by atoms with E-state index in [-0.39, 0.29) is 11.8 Å². The first-order valence-electron chi connectivity index (χ1n) is 6.89. The second kappa shape index (κ2) is 6.05. The summed E-state index contributed by atoms with van der Waals surface area (Å²) < 4.78 is 0. The fourth-order valence-corrected chi connectivity index (χ4v) is 2.52. The standard InChI is InChI=1S/C15H21N3O2/c1-10(2)13-7-14(19)18(9-13)8-11-4-3-5-12(6-11)15(20)17-16/h3-6,10,13H,7-9,16H2,1-2H3,(H,17,20). The maximum absolute atomic E-state index is 12.0. The van der Waals surface area contributed by atoms with Crippen molar-refractivity contribution in [3.63, 3.8) is 0 Å². The lowest BCUT2D eigenvalue weighted by molar-refractivity contribution is -0.128. The van der Waals surface area contributed by atoms with Crippen molar-refractivity contribution in [2.24, 2.45) is 17.7 Å². The maximum atomic E-state index is 12.0. The zero-order chi connectivity index (χ0) is 14.7. The lowest BCUT2D eigenvalue weighted by atomic mass is 9.95. The summed E-state index contributed by atoms with van der Waals surface area (Å²) in [4.78, 5) is 25.4. The Morgan fingerprint density at radius 2 is 2.25 bits per heavy atom. The first kappa shape index (κ1) is 14.5. The van der Waals surface area contributed by atoms with E-state index in [0.717, 1.165) is 12.1 Å². The summed E-state index contributed by atoms with van der Waals surface area (Å²) in [5.41, 5.74) is 3.57. The molecule has 2 amide bonds. The Hall–Kier alpha value is -1.88. The molecule has 1 unspecified atom stereocenters. The number of hydrogen-bond donors (Lipinski definition) is 2. The number of hydrogen-bond acceptors (Lipinski definition) is 3. The number of benzene rings is 1. The fraction of sp³-hybridized carbons (Fsp3) is 0.467. The Kier molecular flexibility index (Phi) is 4.39. The Bertz CT molecular complexity index is 514. The molecule has 0 bridgehead atoms. The first-order chi connectivity index (χ1) is 9.51. The van der Waals surface area contributed by atoms with E-state index in [1.165, 1.54) is 0 Å². The van der Waals surface area contributed by atoms with Crippen molar-refractivity contribution in [3.8, 4) is 0 Å². The molecule has 3 N–H and O–H groups in total. The molecule has 1 heterocycles. The van der Waals surface area contributed by atoms with Crippen molar-refractivity contribution < 1.29 is 9.59 Å². The van der Waals surface area contributed by atoms with Crippen LogP contribution in [0.15, 0.2) is 24.3 Å². The molecule has 0 radical (unpaired) electrons. The number of carbonyl (C=O) groups excluding carboxylic acids is 2. The zero-order valence-corrected chi connectivity index (χ0v) is 11.9. The molecule has 1 aromatic rings. The van der Waals surface area contributed by atoms with Crippen LogP contribution in [0.25, 0.3) is 0 Å².